The summed E-state index contributed by atoms with van der Waals surface area (Å²) in [5.74, 6) is 0.0138. The number of carbonyl (C=O) groups is 2. The van der Waals surface area contributed by atoms with E-state index in [0.29, 0.717) is 17.9 Å². The van der Waals surface area contributed by atoms with Crippen LogP contribution < -0.4 is 14.4 Å². The van der Waals surface area contributed by atoms with Crippen LogP contribution in [-0.2, 0) is 26.2 Å². The van der Waals surface area contributed by atoms with Gasteiger partial charge in [0.1, 0.15) is 18.3 Å². The van der Waals surface area contributed by atoms with Gasteiger partial charge >= 0.3 is 0 Å². The first-order valence-corrected chi connectivity index (χ1v) is 16.5. The Bertz CT molecular complexity index is 1490. The highest BCUT2D eigenvalue weighted by Gasteiger charge is 2.34. The van der Waals surface area contributed by atoms with E-state index in [-0.39, 0.29) is 23.4 Å². The Kier molecular flexibility index (Phi) is 10.9. The zero-order valence-corrected chi connectivity index (χ0v) is 26.4. The Morgan fingerprint density at radius 1 is 0.953 bits per heavy atom. The first kappa shape index (κ1) is 32.1. The van der Waals surface area contributed by atoms with Gasteiger partial charge in [-0.25, -0.2) is 8.42 Å². The number of hydrogen-bond donors (Lipinski definition) is 1. The molecule has 1 aliphatic rings. The molecule has 1 fully saturated rings. The lowest BCUT2D eigenvalue weighted by Gasteiger charge is -2.34. The first-order chi connectivity index (χ1) is 20.6. The van der Waals surface area contributed by atoms with Crippen molar-refractivity contribution in [1.82, 2.24) is 10.2 Å². The van der Waals surface area contributed by atoms with E-state index in [1.807, 2.05) is 57.2 Å². The Balaban J connectivity index is 1.72. The summed E-state index contributed by atoms with van der Waals surface area (Å²) in [6.07, 6.45) is 5.52. The lowest BCUT2D eigenvalue weighted by atomic mass is 9.95. The molecule has 43 heavy (non-hydrogen) atoms. The smallest absolute Gasteiger partial charge is 0.264 e. The number of carbonyl (C=O) groups excluding carboxylic acids is 2. The third kappa shape index (κ3) is 7.96. The van der Waals surface area contributed by atoms with Crippen LogP contribution in [0.3, 0.4) is 0 Å². The Morgan fingerprint density at radius 3 is 2.23 bits per heavy atom. The lowest BCUT2D eigenvalue weighted by molar-refractivity contribution is -0.140. The van der Waals surface area contributed by atoms with E-state index in [0.717, 1.165) is 48.8 Å². The molecule has 8 nitrogen and oxygen atoms in total. The summed E-state index contributed by atoms with van der Waals surface area (Å²) in [7, 11) is -2.52. The van der Waals surface area contributed by atoms with Crippen molar-refractivity contribution < 1.29 is 22.7 Å². The standard InChI is InChI=1S/C34H43N3O5S/c1-5-31(34(39)35-28-12-8-6-9-13-28)36(23-27-17-19-29(42-4)20-18-27)33(38)24-37(32-21-16-25(2)22-26(32)3)43(40,41)30-14-10-7-11-15-30/h7,10-11,14-22,28,31H,5-6,8-9,12-13,23-24H2,1-4H3,(H,35,39)/t31-/m1/s1. The van der Waals surface area contributed by atoms with Crippen molar-refractivity contribution in [2.24, 2.45) is 0 Å². The zero-order chi connectivity index (χ0) is 31.0. The Labute approximate surface area is 256 Å². The lowest BCUT2D eigenvalue weighted by Crippen LogP contribution is -2.54. The van der Waals surface area contributed by atoms with E-state index in [9.17, 15) is 18.0 Å². The minimum absolute atomic E-state index is 0.0819. The summed E-state index contributed by atoms with van der Waals surface area (Å²) in [6.45, 7) is 5.34. The van der Waals surface area contributed by atoms with Crippen molar-refractivity contribution in [1.29, 1.82) is 0 Å². The molecule has 1 saturated carbocycles. The van der Waals surface area contributed by atoms with Gasteiger partial charge in [0.05, 0.1) is 17.7 Å². The number of nitrogens with zero attached hydrogens (tertiary/aromatic N) is 2. The fourth-order valence-corrected chi connectivity index (χ4v) is 7.21. The van der Waals surface area contributed by atoms with Gasteiger partial charge in [-0.1, -0.05) is 74.2 Å². The highest BCUT2D eigenvalue weighted by Crippen LogP contribution is 2.28. The molecule has 9 heteroatoms. The van der Waals surface area contributed by atoms with Crippen LogP contribution in [0.15, 0.2) is 77.7 Å². The molecule has 3 aromatic carbocycles. The molecule has 1 atom stereocenters. The number of anilines is 1. The van der Waals surface area contributed by atoms with Crippen LogP contribution in [0.5, 0.6) is 5.75 Å². The van der Waals surface area contributed by atoms with E-state index in [2.05, 4.69) is 5.32 Å². The van der Waals surface area contributed by atoms with Crippen molar-refractivity contribution in [3.8, 4) is 5.75 Å². The normalized spacial score (nSPS) is 14.5. The summed E-state index contributed by atoms with van der Waals surface area (Å²) in [6, 6.07) is 20.2. The number of hydrogen-bond acceptors (Lipinski definition) is 5. The topological polar surface area (TPSA) is 96.0 Å². The molecule has 0 unspecified atom stereocenters. The number of ether oxygens (including phenoxy) is 1. The molecule has 3 aromatic rings. The molecule has 0 radical (unpaired) electrons. The highest BCUT2D eigenvalue weighted by molar-refractivity contribution is 7.92. The van der Waals surface area contributed by atoms with Gasteiger partial charge in [0, 0.05) is 12.6 Å². The number of rotatable bonds is 12. The molecular formula is C34H43N3O5S. The number of amides is 2. The predicted octanol–water partition coefficient (Wildman–Crippen LogP) is 5.76. The van der Waals surface area contributed by atoms with Gasteiger partial charge in [0.25, 0.3) is 10.0 Å². The van der Waals surface area contributed by atoms with Crippen molar-refractivity contribution in [2.75, 3.05) is 18.0 Å². The maximum absolute atomic E-state index is 14.3. The van der Waals surface area contributed by atoms with Gasteiger partial charge in [-0.3, -0.25) is 13.9 Å². The fourth-order valence-electron chi connectivity index (χ4n) is 5.71. The monoisotopic (exact) mass is 605 g/mol. The highest BCUT2D eigenvalue weighted by atomic mass is 32.2. The zero-order valence-electron chi connectivity index (χ0n) is 25.6. The second-order valence-electron chi connectivity index (χ2n) is 11.3. The van der Waals surface area contributed by atoms with E-state index < -0.39 is 28.5 Å². The number of benzene rings is 3. The van der Waals surface area contributed by atoms with Crippen LogP contribution in [0.4, 0.5) is 5.69 Å². The van der Waals surface area contributed by atoms with Crippen LogP contribution in [-0.4, -0.2) is 50.9 Å². The summed E-state index contributed by atoms with van der Waals surface area (Å²) in [4.78, 5) is 29.6. The van der Waals surface area contributed by atoms with Gasteiger partial charge in [0.15, 0.2) is 0 Å². The number of sulfonamides is 1. The van der Waals surface area contributed by atoms with Gasteiger partial charge in [-0.15, -0.1) is 0 Å². The minimum atomic E-state index is -4.11. The molecule has 0 aromatic heterocycles. The molecule has 0 heterocycles. The van der Waals surface area contributed by atoms with Crippen molar-refractivity contribution in [3.63, 3.8) is 0 Å². The van der Waals surface area contributed by atoms with Gasteiger partial charge < -0.3 is 15.0 Å². The van der Waals surface area contributed by atoms with Gasteiger partial charge in [0.2, 0.25) is 11.8 Å². The Hall–Kier alpha value is -3.85. The summed E-state index contributed by atoms with van der Waals surface area (Å²) >= 11 is 0. The maximum atomic E-state index is 14.3. The first-order valence-electron chi connectivity index (χ1n) is 15.0. The summed E-state index contributed by atoms with van der Waals surface area (Å²) in [5.41, 5.74) is 2.95. The third-order valence-corrected chi connectivity index (χ3v) is 9.85. The summed E-state index contributed by atoms with van der Waals surface area (Å²) < 4.78 is 34.6. The van der Waals surface area contributed by atoms with Gasteiger partial charge in [-0.05, 0) is 74.6 Å². The average Bonchev–Trinajstić information content (AvgIpc) is 3.01. The van der Waals surface area contributed by atoms with Crippen molar-refractivity contribution in [3.05, 3.63) is 89.5 Å². The predicted molar refractivity (Wildman–Crippen MR) is 170 cm³/mol. The second kappa shape index (κ2) is 14.6. The van der Waals surface area contributed by atoms with Crippen LogP contribution >= 0.6 is 0 Å². The summed E-state index contributed by atoms with van der Waals surface area (Å²) in [5, 5.41) is 3.18. The number of aryl methyl sites for hydroxylation is 2. The second-order valence-corrected chi connectivity index (χ2v) is 13.1. The quantitative estimate of drug-likeness (QED) is 0.283. The minimum Gasteiger partial charge on any atom is -0.497 e. The SMILES string of the molecule is CC[C@H](C(=O)NC1CCCCC1)N(Cc1ccc(OC)cc1)C(=O)CN(c1ccc(C)cc1C)S(=O)(=O)c1ccccc1. The van der Waals surface area contributed by atoms with Crippen LogP contribution in [0.2, 0.25) is 0 Å². The maximum Gasteiger partial charge on any atom is 0.264 e. The largest absolute Gasteiger partial charge is 0.497 e. The van der Waals surface area contributed by atoms with Crippen molar-refractivity contribution in [2.45, 2.75) is 82.8 Å². The molecule has 4 rings (SSSR count). The molecule has 0 bridgehead atoms. The molecule has 1 aliphatic carbocycles. The average molecular weight is 606 g/mol. The molecule has 0 aliphatic heterocycles. The third-order valence-electron chi connectivity index (χ3n) is 8.08. The molecule has 1 N–H and O–H groups in total. The number of methoxy groups -OCH3 is 1. The van der Waals surface area contributed by atoms with Crippen LogP contribution in [0.1, 0.15) is 62.1 Å². The van der Waals surface area contributed by atoms with Gasteiger partial charge in [-0.2, -0.15) is 0 Å². The molecule has 0 spiro atoms. The number of nitrogens with one attached hydrogen (secondary N) is 1. The van der Waals surface area contributed by atoms with Crippen molar-refractivity contribution >= 4 is 27.5 Å². The van der Waals surface area contributed by atoms with E-state index in [1.165, 1.54) is 21.3 Å². The molecule has 2 amide bonds. The van der Waals surface area contributed by atoms with E-state index in [4.69, 9.17) is 4.74 Å². The molecule has 0 saturated heterocycles. The van der Waals surface area contributed by atoms with Crippen LogP contribution in [0, 0.1) is 13.8 Å². The fraction of sp³-hybridized carbons (Fsp3) is 0.412. The molecular weight excluding hydrogens is 562 g/mol. The van der Waals surface area contributed by atoms with E-state index in [1.54, 1.807) is 31.4 Å². The van der Waals surface area contributed by atoms with E-state index >= 15 is 0 Å². The molecule has 230 valence electrons. The van der Waals surface area contributed by atoms with Crippen LogP contribution in [0.25, 0.3) is 0 Å². The Morgan fingerprint density at radius 2 is 1.63 bits per heavy atom.